The topological polar surface area (TPSA) is 99.2 Å². The van der Waals surface area contributed by atoms with Crippen LogP contribution in [0.15, 0.2) is 18.2 Å². The summed E-state index contributed by atoms with van der Waals surface area (Å²) in [5.41, 5.74) is 7.76. The van der Waals surface area contributed by atoms with Crippen molar-refractivity contribution in [3.05, 3.63) is 23.8 Å². The summed E-state index contributed by atoms with van der Waals surface area (Å²) in [5.74, 6) is 0. The van der Waals surface area contributed by atoms with Gasteiger partial charge in [-0.3, -0.25) is 0 Å². The maximum absolute atomic E-state index is 11.4. The summed E-state index contributed by atoms with van der Waals surface area (Å²) in [7, 11) is -3.10. The van der Waals surface area contributed by atoms with E-state index >= 15 is 0 Å². The van der Waals surface area contributed by atoms with Crippen LogP contribution in [0.1, 0.15) is 18.4 Å². The Hall–Kier alpha value is -1.78. The second kappa shape index (κ2) is 5.69. The Morgan fingerprint density at radius 3 is 2.60 bits per heavy atom. The molecule has 0 radical (unpaired) electrons. The lowest BCUT2D eigenvalue weighted by molar-refractivity contribution is 0.332. The molecule has 1 aromatic rings. The summed E-state index contributed by atoms with van der Waals surface area (Å²) in [6.45, 7) is 1.02. The molecule has 6 nitrogen and oxygen atoms in total. The maximum Gasteiger partial charge on any atom is 0.211 e. The van der Waals surface area contributed by atoms with Crippen LogP contribution in [0.5, 0.6) is 0 Å². The monoisotopic (exact) mass is 294 g/mol. The third-order valence-corrected chi connectivity index (χ3v) is 4.77. The summed E-state index contributed by atoms with van der Waals surface area (Å²) in [6, 6.07) is 7.34. The number of hydrogen-bond donors (Lipinski definition) is 2. The molecule has 0 bridgehead atoms. The molecule has 0 aliphatic carbocycles. The van der Waals surface area contributed by atoms with Crippen molar-refractivity contribution >= 4 is 21.4 Å². The molecule has 1 fully saturated rings. The van der Waals surface area contributed by atoms with E-state index in [4.69, 9.17) is 11.0 Å². The van der Waals surface area contributed by atoms with E-state index in [1.165, 1.54) is 10.6 Å². The number of hydrogen-bond acceptors (Lipinski definition) is 5. The molecule has 0 aromatic heterocycles. The second-order valence-electron chi connectivity index (χ2n) is 4.99. The first-order chi connectivity index (χ1) is 9.40. The largest absolute Gasteiger partial charge is 0.397 e. The van der Waals surface area contributed by atoms with E-state index in [1.807, 2.05) is 0 Å². The van der Waals surface area contributed by atoms with Crippen LogP contribution in [0, 0.1) is 11.3 Å². The van der Waals surface area contributed by atoms with Gasteiger partial charge >= 0.3 is 0 Å². The van der Waals surface area contributed by atoms with Crippen molar-refractivity contribution in [1.82, 2.24) is 4.31 Å². The van der Waals surface area contributed by atoms with E-state index in [1.54, 1.807) is 18.2 Å². The molecule has 20 heavy (non-hydrogen) atoms. The Morgan fingerprint density at radius 2 is 2.05 bits per heavy atom. The molecule has 0 unspecified atom stereocenters. The molecule has 1 heterocycles. The molecular weight excluding hydrogens is 276 g/mol. The fourth-order valence-corrected chi connectivity index (χ4v) is 3.18. The van der Waals surface area contributed by atoms with Gasteiger partial charge in [-0.1, -0.05) is 0 Å². The van der Waals surface area contributed by atoms with Crippen LogP contribution in [0.4, 0.5) is 11.4 Å². The van der Waals surface area contributed by atoms with Gasteiger partial charge in [0.05, 0.1) is 29.3 Å². The number of nitrogen functional groups attached to an aromatic ring is 1. The number of piperidine rings is 1. The quantitative estimate of drug-likeness (QED) is 0.809. The van der Waals surface area contributed by atoms with Crippen molar-refractivity contribution in [2.45, 2.75) is 18.9 Å². The summed E-state index contributed by atoms with van der Waals surface area (Å²) in [6.07, 6.45) is 2.68. The molecule has 0 spiro atoms. The van der Waals surface area contributed by atoms with Gasteiger partial charge < -0.3 is 11.1 Å². The van der Waals surface area contributed by atoms with Crippen LogP contribution in [-0.4, -0.2) is 38.1 Å². The zero-order chi connectivity index (χ0) is 14.8. The highest BCUT2D eigenvalue weighted by atomic mass is 32.2. The highest BCUT2D eigenvalue weighted by Gasteiger charge is 2.25. The fraction of sp³-hybridized carbons (Fsp3) is 0.462. The van der Waals surface area contributed by atoms with E-state index in [9.17, 15) is 8.42 Å². The number of sulfonamides is 1. The molecule has 1 aliphatic heterocycles. The van der Waals surface area contributed by atoms with Gasteiger partial charge in [-0.15, -0.1) is 0 Å². The number of nitrogens with one attached hydrogen (secondary N) is 1. The minimum absolute atomic E-state index is 0.171. The normalized spacial score (nSPS) is 17.6. The lowest BCUT2D eigenvalue weighted by atomic mass is 10.1. The van der Waals surface area contributed by atoms with E-state index in [-0.39, 0.29) is 6.04 Å². The zero-order valence-corrected chi connectivity index (χ0v) is 12.2. The predicted octanol–water partition coefficient (Wildman–Crippen LogP) is 0.976. The molecule has 0 saturated carbocycles. The van der Waals surface area contributed by atoms with E-state index in [2.05, 4.69) is 11.4 Å². The van der Waals surface area contributed by atoms with Crippen molar-refractivity contribution in [2.24, 2.45) is 0 Å². The maximum atomic E-state index is 11.4. The number of anilines is 2. The van der Waals surface area contributed by atoms with Gasteiger partial charge in [-0.05, 0) is 31.0 Å². The number of nitrogens with zero attached hydrogens (tertiary/aromatic N) is 2. The molecule has 0 atom stereocenters. The van der Waals surface area contributed by atoms with Crippen LogP contribution >= 0.6 is 0 Å². The first-order valence-electron chi connectivity index (χ1n) is 6.41. The van der Waals surface area contributed by atoms with Crippen LogP contribution in [0.2, 0.25) is 0 Å². The van der Waals surface area contributed by atoms with Gasteiger partial charge in [0.1, 0.15) is 0 Å². The van der Waals surface area contributed by atoms with Crippen molar-refractivity contribution in [3.63, 3.8) is 0 Å². The molecule has 3 N–H and O–H groups in total. The third kappa shape index (κ3) is 3.40. The molecular formula is C13H18N4O2S. The number of nitrogens with two attached hydrogens (primary N) is 1. The van der Waals surface area contributed by atoms with E-state index in [0.29, 0.717) is 24.3 Å². The lowest BCUT2D eigenvalue weighted by Crippen LogP contribution is -2.41. The van der Waals surface area contributed by atoms with Gasteiger partial charge in [-0.25, -0.2) is 12.7 Å². The molecule has 108 valence electrons. The van der Waals surface area contributed by atoms with Crippen LogP contribution < -0.4 is 11.1 Å². The summed E-state index contributed by atoms with van der Waals surface area (Å²) in [4.78, 5) is 0. The number of benzene rings is 1. The Kier molecular flexibility index (Phi) is 4.16. The van der Waals surface area contributed by atoms with Crippen molar-refractivity contribution in [3.8, 4) is 6.07 Å². The molecule has 1 aromatic carbocycles. The van der Waals surface area contributed by atoms with Crippen LogP contribution in [0.25, 0.3) is 0 Å². The summed E-state index contributed by atoms with van der Waals surface area (Å²) >= 11 is 0. The predicted molar refractivity (Wildman–Crippen MR) is 78.6 cm³/mol. The Labute approximate surface area is 119 Å². The molecule has 7 heteroatoms. The fourth-order valence-electron chi connectivity index (χ4n) is 2.30. The number of nitriles is 1. The van der Waals surface area contributed by atoms with E-state index in [0.717, 1.165) is 18.5 Å². The van der Waals surface area contributed by atoms with Gasteiger partial charge in [0, 0.05) is 19.1 Å². The zero-order valence-electron chi connectivity index (χ0n) is 11.3. The van der Waals surface area contributed by atoms with Gasteiger partial charge in [-0.2, -0.15) is 5.26 Å². The van der Waals surface area contributed by atoms with Gasteiger partial charge in [0.15, 0.2) is 0 Å². The average Bonchev–Trinajstić information content (AvgIpc) is 2.41. The Balaban J connectivity index is 2.01. The molecule has 0 amide bonds. The minimum Gasteiger partial charge on any atom is -0.397 e. The third-order valence-electron chi connectivity index (χ3n) is 3.46. The second-order valence-corrected chi connectivity index (χ2v) is 6.98. The highest BCUT2D eigenvalue weighted by Crippen LogP contribution is 2.24. The first kappa shape index (κ1) is 14.6. The smallest absolute Gasteiger partial charge is 0.211 e. The SMILES string of the molecule is CS(=O)(=O)N1CCC(Nc2cc(C#N)ccc2N)CC1. The van der Waals surface area contributed by atoms with E-state index < -0.39 is 10.0 Å². The Bertz CT molecular complexity index is 628. The highest BCUT2D eigenvalue weighted by molar-refractivity contribution is 7.88. The minimum atomic E-state index is -3.10. The van der Waals surface area contributed by atoms with Gasteiger partial charge in [0.2, 0.25) is 10.0 Å². The number of rotatable bonds is 3. The molecule has 1 saturated heterocycles. The molecule has 1 aliphatic rings. The lowest BCUT2D eigenvalue weighted by Gasteiger charge is -2.31. The van der Waals surface area contributed by atoms with Gasteiger partial charge in [0.25, 0.3) is 0 Å². The van der Waals surface area contributed by atoms with Crippen molar-refractivity contribution < 1.29 is 8.42 Å². The van der Waals surface area contributed by atoms with Crippen molar-refractivity contribution in [1.29, 1.82) is 5.26 Å². The molecule has 2 rings (SSSR count). The average molecular weight is 294 g/mol. The standard InChI is InChI=1S/C13H18N4O2S/c1-20(18,19)17-6-4-11(5-7-17)16-13-8-10(9-14)2-3-12(13)15/h2-3,8,11,16H,4-7,15H2,1H3. The van der Waals surface area contributed by atoms with Crippen LogP contribution in [0.3, 0.4) is 0 Å². The first-order valence-corrected chi connectivity index (χ1v) is 8.26. The van der Waals surface area contributed by atoms with Crippen molar-refractivity contribution in [2.75, 3.05) is 30.4 Å². The Morgan fingerprint density at radius 1 is 1.40 bits per heavy atom. The summed E-state index contributed by atoms with van der Waals surface area (Å²) < 4.78 is 24.4. The summed E-state index contributed by atoms with van der Waals surface area (Å²) in [5, 5.41) is 12.2. The van der Waals surface area contributed by atoms with Crippen LogP contribution in [-0.2, 0) is 10.0 Å².